The molecule has 1 fully saturated rings. The van der Waals surface area contributed by atoms with Crippen molar-refractivity contribution in [1.29, 1.82) is 0 Å². The molecule has 8 nitrogen and oxygen atoms in total. The second-order valence-electron chi connectivity index (χ2n) is 8.92. The van der Waals surface area contributed by atoms with Crippen LogP contribution in [0, 0.1) is 5.92 Å². The lowest BCUT2D eigenvalue weighted by Gasteiger charge is -2.39. The average molecular weight is 548 g/mol. The topological polar surface area (TPSA) is 94.1 Å². The molecule has 1 aliphatic heterocycles. The average Bonchev–Trinajstić information content (AvgIpc) is 3.00. The number of rotatable bonds is 8. The molecule has 1 aliphatic rings. The van der Waals surface area contributed by atoms with E-state index in [0.29, 0.717) is 16.9 Å². The summed E-state index contributed by atoms with van der Waals surface area (Å²) in [6.45, 7) is 0.0219. The Bertz CT molecular complexity index is 1540. The van der Waals surface area contributed by atoms with Gasteiger partial charge in [-0.15, -0.1) is 0 Å². The van der Waals surface area contributed by atoms with Crippen molar-refractivity contribution < 1.29 is 14.4 Å². The normalized spacial score (nSPS) is 15.4. The van der Waals surface area contributed by atoms with Crippen LogP contribution >= 0.6 is 12.2 Å². The van der Waals surface area contributed by atoms with Gasteiger partial charge < -0.3 is 5.32 Å². The molecular weight excluding hydrogens is 522 g/mol. The maximum Gasteiger partial charge on any atom is 0.270 e. The minimum atomic E-state index is -1.12. The molecule has 5 rings (SSSR count). The van der Waals surface area contributed by atoms with E-state index in [1.54, 1.807) is 54.7 Å². The quantitative estimate of drug-likeness (QED) is 0.185. The van der Waals surface area contributed by atoms with E-state index in [-0.39, 0.29) is 11.7 Å². The molecular formula is C31H25N5O3S. The van der Waals surface area contributed by atoms with Gasteiger partial charge in [0.15, 0.2) is 0 Å². The van der Waals surface area contributed by atoms with Gasteiger partial charge in [-0.3, -0.25) is 29.7 Å². The van der Waals surface area contributed by atoms with Crippen LogP contribution in [0.1, 0.15) is 15.9 Å². The summed E-state index contributed by atoms with van der Waals surface area (Å²) in [5.41, 5.74) is 5.78. The Hall–Kier alpha value is -5.15. The van der Waals surface area contributed by atoms with E-state index in [2.05, 4.69) is 15.7 Å². The first-order chi connectivity index (χ1) is 19.5. The number of hydrazine groups is 1. The van der Waals surface area contributed by atoms with Gasteiger partial charge in [-0.1, -0.05) is 66.7 Å². The molecule has 40 heavy (non-hydrogen) atoms. The van der Waals surface area contributed by atoms with Crippen LogP contribution in [0.4, 0.5) is 17.1 Å². The van der Waals surface area contributed by atoms with Gasteiger partial charge >= 0.3 is 0 Å². The highest BCUT2D eigenvalue weighted by Gasteiger charge is 2.45. The number of benzene rings is 4. The third-order valence-electron chi connectivity index (χ3n) is 6.22. The van der Waals surface area contributed by atoms with Crippen LogP contribution in [0.3, 0.4) is 0 Å². The van der Waals surface area contributed by atoms with Gasteiger partial charge in [-0.05, 0) is 66.3 Å². The maximum atomic E-state index is 13.5. The summed E-state index contributed by atoms with van der Waals surface area (Å²) < 4.78 is 0. The predicted octanol–water partition coefficient (Wildman–Crippen LogP) is 4.97. The molecule has 4 aromatic rings. The van der Waals surface area contributed by atoms with E-state index in [0.717, 1.165) is 16.3 Å². The SMILES string of the molecule is O=C(NN1C(=O)C(CNc2ccccc2)C(=O)N(c2ccccc2)C1=S)c1ccc(N=Cc2ccccc2)cc1. The fraction of sp³-hybridized carbons (Fsp3) is 0.0645. The minimum absolute atomic E-state index is 0.0219. The van der Waals surface area contributed by atoms with Crippen molar-refractivity contribution in [2.75, 3.05) is 16.8 Å². The first-order valence-electron chi connectivity index (χ1n) is 12.6. The van der Waals surface area contributed by atoms with Crippen molar-refractivity contribution in [2.24, 2.45) is 10.9 Å². The number of amides is 3. The van der Waals surface area contributed by atoms with Gasteiger partial charge in [0, 0.05) is 24.0 Å². The van der Waals surface area contributed by atoms with Gasteiger partial charge in [-0.25, -0.2) is 0 Å². The maximum absolute atomic E-state index is 13.5. The fourth-order valence-corrected chi connectivity index (χ4v) is 4.46. The Labute approximate surface area is 236 Å². The van der Waals surface area contributed by atoms with E-state index < -0.39 is 23.6 Å². The van der Waals surface area contributed by atoms with Gasteiger partial charge in [0.05, 0.1) is 11.4 Å². The molecule has 2 N–H and O–H groups in total. The number of nitrogens with zero attached hydrogens (tertiary/aromatic N) is 3. The molecule has 4 aromatic carbocycles. The molecule has 0 spiro atoms. The van der Waals surface area contributed by atoms with Crippen molar-refractivity contribution in [3.05, 3.63) is 126 Å². The van der Waals surface area contributed by atoms with Crippen molar-refractivity contribution >= 4 is 58.3 Å². The zero-order chi connectivity index (χ0) is 27.9. The number of nitrogens with one attached hydrogen (secondary N) is 2. The largest absolute Gasteiger partial charge is 0.384 e. The Kier molecular flexibility index (Phi) is 8.03. The Morgan fingerprint density at radius 1 is 0.800 bits per heavy atom. The van der Waals surface area contributed by atoms with Crippen molar-refractivity contribution in [3.8, 4) is 0 Å². The molecule has 0 aromatic heterocycles. The Morgan fingerprint density at radius 2 is 1.40 bits per heavy atom. The highest BCUT2D eigenvalue weighted by molar-refractivity contribution is 7.80. The molecule has 0 saturated carbocycles. The zero-order valence-electron chi connectivity index (χ0n) is 21.3. The van der Waals surface area contributed by atoms with E-state index in [1.165, 1.54) is 4.90 Å². The summed E-state index contributed by atoms with van der Waals surface area (Å²) >= 11 is 5.54. The number of carbonyl (C=O) groups excluding carboxylic acids is 3. The first-order valence-corrected chi connectivity index (χ1v) is 13.0. The van der Waals surface area contributed by atoms with Crippen LogP contribution in [0.15, 0.2) is 120 Å². The van der Waals surface area contributed by atoms with E-state index in [1.807, 2.05) is 66.7 Å². The summed E-state index contributed by atoms with van der Waals surface area (Å²) in [7, 11) is 0. The summed E-state index contributed by atoms with van der Waals surface area (Å²) in [5.74, 6) is -2.77. The summed E-state index contributed by atoms with van der Waals surface area (Å²) in [6, 6.07) is 34.3. The standard InChI is InChI=1S/C31H25N5O3S/c37-28(23-16-18-25(19-17-23)32-20-22-10-4-1-5-11-22)34-36-30(39)27(21-33-24-12-6-2-7-13-24)29(38)35(31(36)40)26-14-8-3-9-15-26/h1-20,27,33H,21H2,(H,34,37). The second kappa shape index (κ2) is 12.1. The highest BCUT2D eigenvalue weighted by Crippen LogP contribution is 2.25. The molecule has 198 valence electrons. The first kappa shape index (κ1) is 26.5. The molecule has 0 radical (unpaired) electrons. The second-order valence-corrected chi connectivity index (χ2v) is 9.29. The lowest BCUT2D eigenvalue weighted by Crippen LogP contribution is -2.65. The smallest absolute Gasteiger partial charge is 0.270 e. The van der Waals surface area contributed by atoms with Crippen LogP contribution in [0.25, 0.3) is 0 Å². The van der Waals surface area contributed by atoms with E-state index >= 15 is 0 Å². The Balaban J connectivity index is 1.35. The van der Waals surface area contributed by atoms with Crippen LogP contribution in [0.2, 0.25) is 0 Å². The van der Waals surface area contributed by atoms with Crippen LogP contribution in [-0.2, 0) is 9.59 Å². The van der Waals surface area contributed by atoms with E-state index in [4.69, 9.17) is 12.2 Å². The van der Waals surface area contributed by atoms with E-state index in [9.17, 15) is 14.4 Å². The monoisotopic (exact) mass is 547 g/mol. The van der Waals surface area contributed by atoms with Crippen molar-refractivity contribution in [3.63, 3.8) is 0 Å². The number of aliphatic imine (C=N–C) groups is 1. The lowest BCUT2D eigenvalue weighted by molar-refractivity contribution is -0.140. The molecule has 1 atom stereocenters. The molecule has 1 heterocycles. The Morgan fingerprint density at radius 3 is 2.05 bits per heavy atom. The summed E-state index contributed by atoms with van der Waals surface area (Å²) in [6.07, 6.45) is 1.73. The third-order valence-corrected chi connectivity index (χ3v) is 6.59. The summed E-state index contributed by atoms with van der Waals surface area (Å²) in [4.78, 5) is 45.9. The number of para-hydroxylation sites is 2. The molecule has 3 amide bonds. The molecule has 9 heteroatoms. The predicted molar refractivity (Wildman–Crippen MR) is 159 cm³/mol. The lowest BCUT2D eigenvalue weighted by atomic mass is 10.0. The number of hydrogen-bond acceptors (Lipinski definition) is 6. The van der Waals surface area contributed by atoms with Crippen molar-refractivity contribution in [1.82, 2.24) is 10.4 Å². The molecule has 0 bridgehead atoms. The molecule has 0 aliphatic carbocycles. The highest BCUT2D eigenvalue weighted by atomic mass is 32.1. The van der Waals surface area contributed by atoms with Crippen LogP contribution < -0.4 is 15.6 Å². The third kappa shape index (κ3) is 5.95. The van der Waals surface area contributed by atoms with Crippen LogP contribution in [0.5, 0.6) is 0 Å². The number of thiocarbonyl (C=S) groups is 1. The van der Waals surface area contributed by atoms with Crippen LogP contribution in [-0.4, -0.2) is 40.6 Å². The van der Waals surface area contributed by atoms with Gasteiger partial charge in [0.2, 0.25) is 11.0 Å². The van der Waals surface area contributed by atoms with Gasteiger partial charge in [0.1, 0.15) is 5.92 Å². The van der Waals surface area contributed by atoms with Gasteiger partial charge in [0.25, 0.3) is 11.8 Å². The van der Waals surface area contributed by atoms with Gasteiger partial charge in [-0.2, -0.15) is 5.01 Å². The minimum Gasteiger partial charge on any atom is -0.384 e. The zero-order valence-corrected chi connectivity index (χ0v) is 22.1. The fourth-order valence-electron chi connectivity index (χ4n) is 4.13. The molecule has 1 saturated heterocycles. The summed E-state index contributed by atoms with van der Waals surface area (Å²) in [5, 5.41) is 3.98. The molecule has 1 unspecified atom stereocenters. The van der Waals surface area contributed by atoms with Crippen molar-refractivity contribution in [2.45, 2.75) is 0 Å². The number of hydrogen-bond donors (Lipinski definition) is 2. The number of anilines is 2. The number of carbonyl (C=O) groups is 3.